The summed E-state index contributed by atoms with van der Waals surface area (Å²) in [6.07, 6.45) is -0.996. The lowest BCUT2D eigenvalue weighted by Gasteiger charge is -2.15. The zero-order valence-corrected chi connectivity index (χ0v) is 16.3. The summed E-state index contributed by atoms with van der Waals surface area (Å²) in [6, 6.07) is 6.08. The highest BCUT2D eigenvalue weighted by atomic mass is 35.5. The number of carbonyl (C=O) groups excluding carboxylic acids is 1. The third-order valence-electron chi connectivity index (χ3n) is 4.58. The summed E-state index contributed by atoms with van der Waals surface area (Å²) >= 11 is 5.91. The van der Waals surface area contributed by atoms with Crippen LogP contribution in [0.15, 0.2) is 24.4 Å². The first-order chi connectivity index (χ1) is 14.3. The van der Waals surface area contributed by atoms with E-state index in [1.165, 1.54) is 18.2 Å². The van der Waals surface area contributed by atoms with Gasteiger partial charge >= 0.3 is 12.3 Å². The predicted molar refractivity (Wildman–Crippen MR) is 102 cm³/mol. The van der Waals surface area contributed by atoms with Crippen molar-refractivity contribution in [2.45, 2.75) is 31.9 Å². The maximum atomic E-state index is 13.4. The van der Waals surface area contributed by atoms with Gasteiger partial charge in [-0.25, -0.2) is 14.8 Å². The Labute approximate surface area is 175 Å². The molecule has 3 rings (SSSR count). The van der Waals surface area contributed by atoms with Crippen molar-refractivity contribution in [2.75, 3.05) is 11.9 Å². The fraction of sp³-hybridized carbons (Fsp3) is 0.368. The number of rotatable bonds is 5. The van der Waals surface area contributed by atoms with E-state index in [4.69, 9.17) is 21.6 Å². The summed E-state index contributed by atoms with van der Waals surface area (Å²) in [5.41, 5.74) is -0.891. The molecule has 0 radical (unpaired) electrons. The van der Waals surface area contributed by atoms with Gasteiger partial charge in [0.1, 0.15) is 6.07 Å². The summed E-state index contributed by atoms with van der Waals surface area (Å²) in [5.74, 6) is -0.863. The molecule has 0 bridgehead atoms. The van der Waals surface area contributed by atoms with Gasteiger partial charge in [-0.05, 0) is 37.0 Å². The van der Waals surface area contributed by atoms with E-state index in [0.717, 1.165) is 31.9 Å². The van der Waals surface area contributed by atoms with E-state index in [9.17, 15) is 18.0 Å². The molecule has 1 saturated carbocycles. The Morgan fingerprint density at radius 2 is 2.07 bits per heavy atom. The van der Waals surface area contributed by atoms with Crippen molar-refractivity contribution in [3.63, 3.8) is 0 Å². The number of halogens is 4. The summed E-state index contributed by atoms with van der Waals surface area (Å²) in [6.45, 7) is 0.347. The van der Waals surface area contributed by atoms with Crippen LogP contribution in [-0.4, -0.2) is 22.6 Å². The molecule has 1 aromatic heterocycles. The minimum atomic E-state index is -4.87. The lowest BCUT2D eigenvalue weighted by molar-refractivity contribution is -0.142. The lowest BCUT2D eigenvalue weighted by Crippen LogP contribution is -2.31. The molecule has 0 aliphatic heterocycles. The number of carbonyl (C=O) groups is 1. The summed E-state index contributed by atoms with van der Waals surface area (Å²) in [7, 11) is 0. The fourth-order valence-electron chi connectivity index (χ4n) is 3.10. The number of anilines is 2. The van der Waals surface area contributed by atoms with E-state index in [2.05, 4.69) is 20.6 Å². The molecule has 11 heteroatoms. The van der Waals surface area contributed by atoms with Crippen LogP contribution in [0.1, 0.15) is 36.9 Å². The third-order valence-corrected chi connectivity index (χ3v) is 4.89. The van der Waals surface area contributed by atoms with Crippen LogP contribution in [0, 0.1) is 17.2 Å². The Kier molecular flexibility index (Phi) is 6.62. The lowest BCUT2D eigenvalue weighted by atomic mass is 10.1. The Morgan fingerprint density at radius 3 is 2.70 bits per heavy atom. The molecule has 30 heavy (non-hydrogen) atoms. The topological polar surface area (TPSA) is 99.9 Å². The van der Waals surface area contributed by atoms with Crippen LogP contribution in [0.2, 0.25) is 5.02 Å². The predicted octanol–water partition coefficient (Wildman–Crippen LogP) is 5.04. The summed E-state index contributed by atoms with van der Waals surface area (Å²) in [5, 5.41) is 14.1. The molecule has 7 nitrogen and oxygen atoms in total. The second kappa shape index (κ2) is 9.17. The average Bonchev–Trinajstić information content (AvgIpc) is 3.20. The molecule has 2 N–H and O–H groups in total. The van der Waals surface area contributed by atoms with Gasteiger partial charge in [-0.1, -0.05) is 24.4 Å². The molecule has 1 heterocycles. The van der Waals surface area contributed by atoms with Crippen molar-refractivity contribution < 1.29 is 22.7 Å². The third kappa shape index (κ3) is 5.51. The molecule has 158 valence electrons. The van der Waals surface area contributed by atoms with Crippen LogP contribution in [0.4, 0.5) is 29.6 Å². The van der Waals surface area contributed by atoms with Crippen molar-refractivity contribution >= 4 is 29.3 Å². The SMILES string of the molecule is N#Cc1ccc(Nc2ncc(OC(=O)NCC3CCCC3)c(C(F)(F)F)n2)cc1Cl. The molecule has 1 amide bonds. The van der Waals surface area contributed by atoms with Crippen molar-refractivity contribution in [3.8, 4) is 11.8 Å². The van der Waals surface area contributed by atoms with E-state index in [-0.39, 0.29) is 22.2 Å². The Balaban J connectivity index is 1.74. The van der Waals surface area contributed by atoms with Crippen LogP contribution < -0.4 is 15.4 Å². The van der Waals surface area contributed by atoms with Crippen molar-refractivity contribution in [1.29, 1.82) is 5.26 Å². The largest absolute Gasteiger partial charge is 0.437 e. The van der Waals surface area contributed by atoms with Gasteiger partial charge < -0.3 is 15.4 Å². The molecule has 1 aliphatic rings. The van der Waals surface area contributed by atoms with Gasteiger partial charge in [0.15, 0.2) is 11.4 Å². The highest BCUT2D eigenvalue weighted by Gasteiger charge is 2.38. The number of nitriles is 1. The number of nitrogens with one attached hydrogen (secondary N) is 2. The normalized spacial score (nSPS) is 14.2. The van der Waals surface area contributed by atoms with E-state index in [1.807, 2.05) is 6.07 Å². The number of ether oxygens (including phenoxy) is 1. The standard InChI is InChI=1S/C19H17ClF3N5O2/c20-14-7-13(6-5-12(14)8-24)27-17-25-10-15(16(28-17)19(21,22)23)30-18(29)26-9-11-3-1-2-4-11/h5-7,10-11H,1-4,9H2,(H,26,29)(H,25,27,28). The van der Waals surface area contributed by atoms with Gasteiger partial charge in [0.2, 0.25) is 5.95 Å². The van der Waals surface area contributed by atoms with Crippen LogP contribution >= 0.6 is 11.6 Å². The molecule has 1 fully saturated rings. The Morgan fingerprint density at radius 1 is 1.33 bits per heavy atom. The van der Waals surface area contributed by atoms with Gasteiger partial charge in [-0.3, -0.25) is 0 Å². The minimum absolute atomic E-state index is 0.123. The van der Waals surface area contributed by atoms with Crippen molar-refractivity contribution in [3.05, 3.63) is 40.7 Å². The second-order valence-electron chi connectivity index (χ2n) is 6.76. The smallest absolute Gasteiger partial charge is 0.406 e. The molecule has 0 atom stereocenters. The quantitative estimate of drug-likeness (QED) is 0.676. The number of hydrogen-bond donors (Lipinski definition) is 2. The van der Waals surface area contributed by atoms with Crippen LogP contribution in [0.25, 0.3) is 0 Å². The first kappa shape index (κ1) is 21.6. The van der Waals surface area contributed by atoms with Gasteiger partial charge in [0.05, 0.1) is 16.8 Å². The van der Waals surface area contributed by atoms with Gasteiger partial charge in [0, 0.05) is 12.2 Å². The number of aromatic nitrogens is 2. The van der Waals surface area contributed by atoms with E-state index < -0.39 is 23.7 Å². The zero-order valence-electron chi connectivity index (χ0n) is 15.6. The molecule has 1 aliphatic carbocycles. The number of hydrogen-bond acceptors (Lipinski definition) is 6. The molecule has 2 aromatic rings. The Bertz CT molecular complexity index is 972. The summed E-state index contributed by atoms with van der Waals surface area (Å²) < 4.78 is 45.1. The van der Waals surface area contributed by atoms with Gasteiger partial charge in [-0.2, -0.15) is 18.4 Å². The maximum absolute atomic E-state index is 13.4. The highest BCUT2D eigenvalue weighted by molar-refractivity contribution is 6.32. The first-order valence-electron chi connectivity index (χ1n) is 9.13. The van der Waals surface area contributed by atoms with E-state index in [1.54, 1.807) is 0 Å². The highest BCUT2D eigenvalue weighted by Crippen LogP contribution is 2.35. The molecule has 0 spiro atoms. The maximum Gasteiger partial charge on any atom is 0.437 e. The van der Waals surface area contributed by atoms with Gasteiger partial charge in [0.25, 0.3) is 0 Å². The molecular formula is C19H17ClF3N5O2. The molecule has 1 aromatic carbocycles. The average molecular weight is 440 g/mol. The number of alkyl halides is 3. The number of amides is 1. The van der Waals surface area contributed by atoms with Gasteiger partial charge in [-0.15, -0.1) is 0 Å². The molecule has 0 saturated heterocycles. The van der Waals surface area contributed by atoms with E-state index >= 15 is 0 Å². The number of benzene rings is 1. The van der Waals surface area contributed by atoms with Crippen molar-refractivity contribution in [1.82, 2.24) is 15.3 Å². The minimum Gasteiger partial charge on any atom is -0.406 e. The monoisotopic (exact) mass is 439 g/mol. The molecular weight excluding hydrogens is 423 g/mol. The second-order valence-corrected chi connectivity index (χ2v) is 7.16. The van der Waals surface area contributed by atoms with Crippen molar-refractivity contribution in [2.24, 2.45) is 5.92 Å². The van der Waals surface area contributed by atoms with Crippen LogP contribution in [0.3, 0.4) is 0 Å². The van der Waals surface area contributed by atoms with Crippen LogP contribution in [0.5, 0.6) is 5.75 Å². The number of nitrogens with zero attached hydrogens (tertiary/aromatic N) is 3. The summed E-state index contributed by atoms with van der Waals surface area (Å²) in [4.78, 5) is 19.1. The van der Waals surface area contributed by atoms with Crippen LogP contribution in [-0.2, 0) is 6.18 Å². The van der Waals surface area contributed by atoms with E-state index in [0.29, 0.717) is 12.5 Å². The Hall–Kier alpha value is -3.06. The zero-order chi connectivity index (χ0) is 21.7. The fourth-order valence-corrected chi connectivity index (χ4v) is 3.32. The first-order valence-corrected chi connectivity index (χ1v) is 9.50. The molecule has 0 unspecified atom stereocenters.